The molecule has 0 saturated carbocycles. The van der Waals surface area contributed by atoms with Crippen LogP contribution in [-0.4, -0.2) is 49.6 Å². The molecule has 22 heavy (non-hydrogen) atoms. The molecule has 1 aliphatic rings. The topological polar surface area (TPSA) is 49.9 Å². The molecule has 0 aromatic heterocycles. The first kappa shape index (κ1) is 17.1. The van der Waals surface area contributed by atoms with Crippen molar-refractivity contribution in [3.63, 3.8) is 0 Å². The summed E-state index contributed by atoms with van der Waals surface area (Å²) in [7, 11) is 0. The van der Waals surface area contributed by atoms with E-state index in [0.717, 1.165) is 0 Å². The van der Waals surface area contributed by atoms with Gasteiger partial charge in [0.15, 0.2) is 0 Å². The number of hydrogen-bond donors (Lipinski definition) is 0. The van der Waals surface area contributed by atoms with Crippen LogP contribution in [0.15, 0.2) is 18.2 Å². The van der Waals surface area contributed by atoms with Crippen LogP contribution in [-0.2, 0) is 14.3 Å². The second-order valence-electron chi connectivity index (χ2n) is 5.04. The second kappa shape index (κ2) is 7.81. The number of benzene rings is 1. The molecular weight excluding hydrogens is 327 g/mol. The van der Waals surface area contributed by atoms with Gasteiger partial charge in [-0.15, -0.1) is 0 Å². The molecule has 1 aromatic carbocycles. The molecule has 1 fully saturated rings. The molecule has 0 radical (unpaired) electrons. The molecule has 5 nitrogen and oxygen atoms in total. The summed E-state index contributed by atoms with van der Waals surface area (Å²) in [5.74, 6) is -0.143. The first-order valence-electron chi connectivity index (χ1n) is 7.07. The van der Waals surface area contributed by atoms with Gasteiger partial charge in [0.2, 0.25) is 11.8 Å². The molecule has 0 N–H and O–H groups in total. The third kappa shape index (κ3) is 4.60. The summed E-state index contributed by atoms with van der Waals surface area (Å²) in [4.78, 5) is 27.3. The van der Waals surface area contributed by atoms with Crippen LogP contribution >= 0.6 is 23.2 Å². The van der Waals surface area contributed by atoms with Crippen LogP contribution < -0.4 is 4.90 Å². The smallest absolute Gasteiger partial charge is 0.224 e. The molecule has 0 spiro atoms. The zero-order valence-corrected chi connectivity index (χ0v) is 13.9. The molecular formula is C15H18Cl2N2O3. The first-order valence-corrected chi connectivity index (χ1v) is 7.82. The van der Waals surface area contributed by atoms with E-state index in [1.165, 1.54) is 11.8 Å². The third-order valence-corrected chi connectivity index (χ3v) is 3.89. The molecule has 0 unspecified atom stereocenters. The Morgan fingerprint density at radius 1 is 1.18 bits per heavy atom. The number of amides is 2. The van der Waals surface area contributed by atoms with E-state index >= 15 is 0 Å². The number of halogens is 2. The largest absolute Gasteiger partial charge is 0.378 e. The lowest BCUT2D eigenvalue weighted by atomic mass is 10.2. The van der Waals surface area contributed by atoms with Crippen molar-refractivity contribution >= 4 is 40.7 Å². The van der Waals surface area contributed by atoms with E-state index in [1.807, 2.05) is 0 Å². The Bertz CT molecular complexity index is 539. The maximum atomic E-state index is 12.2. The standard InChI is InChI=1S/C15H18Cl2N2O3/c1-11(20)19(14-9-12(16)8-13(17)10-14)3-2-15(21)18-4-6-22-7-5-18/h8-10H,2-7H2,1H3. The highest BCUT2D eigenvalue weighted by Gasteiger charge is 2.19. The van der Waals surface area contributed by atoms with E-state index in [0.29, 0.717) is 48.6 Å². The average Bonchev–Trinajstić information content (AvgIpc) is 2.47. The summed E-state index contributed by atoms with van der Waals surface area (Å²) >= 11 is 11.9. The monoisotopic (exact) mass is 344 g/mol. The van der Waals surface area contributed by atoms with E-state index in [4.69, 9.17) is 27.9 Å². The highest BCUT2D eigenvalue weighted by atomic mass is 35.5. The van der Waals surface area contributed by atoms with Crippen LogP contribution in [0.5, 0.6) is 0 Å². The number of nitrogens with zero attached hydrogens (tertiary/aromatic N) is 2. The molecule has 1 aliphatic heterocycles. The molecule has 2 amide bonds. The Kier molecular flexibility index (Phi) is 6.06. The van der Waals surface area contributed by atoms with E-state index in [2.05, 4.69) is 0 Å². The zero-order chi connectivity index (χ0) is 16.1. The zero-order valence-electron chi connectivity index (χ0n) is 12.3. The van der Waals surface area contributed by atoms with Gasteiger partial charge in [0.25, 0.3) is 0 Å². The molecule has 120 valence electrons. The van der Waals surface area contributed by atoms with Gasteiger partial charge in [0, 0.05) is 48.7 Å². The van der Waals surface area contributed by atoms with Crippen LogP contribution in [0.1, 0.15) is 13.3 Å². The van der Waals surface area contributed by atoms with Crippen LogP contribution in [0.4, 0.5) is 5.69 Å². The summed E-state index contributed by atoms with van der Waals surface area (Å²) in [6.45, 7) is 4.07. The average molecular weight is 345 g/mol. The van der Waals surface area contributed by atoms with Gasteiger partial charge in [0.05, 0.1) is 13.2 Å². The van der Waals surface area contributed by atoms with Gasteiger partial charge < -0.3 is 14.5 Å². The highest BCUT2D eigenvalue weighted by molar-refractivity contribution is 6.35. The lowest BCUT2D eigenvalue weighted by Gasteiger charge is -2.28. The van der Waals surface area contributed by atoms with E-state index < -0.39 is 0 Å². The Balaban J connectivity index is 2.02. The van der Waals surface area contributed by atoms with E-state index in [9.17, 15) is 9.59 Å². The summed E-state index contributed by atoms with van der Waals surface area (Å²) < 4.78 is 5.22. The minimum absolute atomic E-state index is 0.0164. The minimum atomic E-state index is -0.159. The van der Waals surface area contributed by atoms with Crippen molar-refractivity contribution in [3.8, 4) is 0 Å². The predicted octanol–water partition coefficient (Wildman–Crippen LogP) is 2.60. The number of ether oxygens (including phenoxy) is 1. The normalized spacial score (nSPS) is 14.8. The van der Waals surface area contributed by atoms with Crippen molar-refractivity contribution in [2.45, 2.75) is 13.3 Å². The quantitative estimate of drug-likeness (QED) is 0.843. The van der Waals surface area contributed by atoms with Gasteiger partial charge in [-0.25, -0.2) is 0 Å². The van der Waals surface area contributed by atoms with Crippen molar-refractivity contribution < 1.29 is 14.3 Å². The SMILES string of the molecule is CC(=O)N(CCC(=O)N1CCOCC1)c1cc(Cl)cc(Cl)c1. The van der Waals surface area contributed by atoms with Crippen molar-refractivity contribution in [1.82, 2.24) is 4.90 Å². The fourth-order valence-electron chi connectivity index (χ4n) is 2.34. The van der Waals surface area contributed by atoms with Crippen molar-refractivity contribution in [3.05, 3.63) is 28.2 Å². The molecule has 0 bridgehead atoms. The molecule has 0 atom stereocenters. The van der Waals surface area contributed by atoms with Crippen LogP contribution in [0.3, 0.4) is 0 Å². The number of anilines is 1. The number of carbonyl (C=O) groups excluding carboxylic acids is 2. The number of morpholine rings is 1. The maximum Gasteiger partial charge on any atom is 0.224 e. The number of hydrogen-bond acceptors (Lipinski definition) is 3. The first-order chi connectivity index (χ1) is 10.5. The van der Waals surface area contributed by atoms with Crippen molar-refractivity contribution in [2.24, 2.45) is 0 Å². The summed E-state index contributed by atoms with van der Waals surface area (Å²) in [6, 6.07) is 4.92. The van der Waals surface area contributed by atoms with Gasteiger partial charge in [-0.1, -0.05) is 23.2 Å². The van der Waals surface area contributed by atoms with Gasteiger partial charge in [-0.2, -0.15) is 0 Å². The minimum Gasteiger partial charge on any atom is -0.378 e. The Hall–Kier alpha value is -1.30. The van der Waals surface area contributed by atoms with Gasteiger partial charge in [0.1, 0.15) is 0 Å². The molecule has 7 heteroatoms. The van der Waals surface area contributed by atoms with Crippen molar-refractivity contribution in [2.75, 3.05) is 37.7 Å². The van der Waals surface area contributed by atoms with Crippen LogP contribution in [0.2, 0.25) is 10.0 Å². The lowest BCUT2D eigenvalue weighted by molar-refractivity contribution is -0.135. The van der Waals surface area contributed by atoms with Crippen molar-refractivity contribution in [1.29, 1.82) is 0 Å². The van der Waals surface area contributed by atoms with Gasteiger partial charge >= 0.3 is 0 Å². The molecule has 1 aromatic rings. The lowest BCUT2D eigenvalue weighted by Crippen LogP contribution is -2.42. The molecule has 1 heterocycles. The fourth-order valence-corrected chi connectivity index (χ4v) is 2.86. The summed E-state index contributed by atoms with van der Waals surface area (Å²) in [5.41, 5.74) is 0.597. The Morgan fingerprint density at radius 3 is 2.32 bits per heavy atom. The highest BCUT2D eigenvalue weighted by Crippen LogP contribution is 2.25. The van der Waals surface area contributed by atoms with Crippen LogP contribution in [0, 0.1) is 0 Å². The molecule has 0 aliphatic carbocycles. The second-order valence-corrected chi connectivity index (χ2v) is 5.91. The molecule has 1 saturated heterocycles. The van der Waals surface area contributed by atoms with Crippen LogP contribution in [0.25, 0.3) is 0 Å². The van der Waals surface area contributed by atoms with Gasteiger partial charge in [-0.05, 0) is 18.2 Å². The third-order valence-electron chi connectivity index (χ3n) is 3.45. The molecule has 2 rings (SSSR count). The number of carbonyl (C=O) groups is 2. The predicted molar refractivity (Wildman–Crippen MR) is 86.5 cm³/mol. The summed E-state index contributed by atoms with van der Waals surface area (Å²) in [5, 5.41) is 0.904. The maximum absolute atomic E-state index is 12.2. The Morgan fingerprint density at radius 2 is 1.77 bits per heavy atom. The fraction of sp³-hybridized carbons (Fsp3) is 0.467. The Labute approximate surface area is 139 Å². The van der Waals surface area contributed by atoms with E-state index in [-0.39, 0.29) is 18.2 Å². The number of rotatable bonds is 4. The van der Waals surface area contributed by atoms with E-state index in [1.54, 1.807) is 23.1 Å². The van der Waals surface area contributed by atoms with Gasteiger partial charge in [-0.3, -0.25) is 9.59 Å². The summed E-state index contributed by atoms with van der Waals surface area (Å²) in [6.07, 6.45) is 0.254.